The van der Waals surface area contributed by atoms with E-state index in [1.165, 1.54) is 11.8 Å². The highest BCUT2D eigenvalue weighted by Crippen LogP contribution is 2.25. The van der Waals surface area contributed by atoms with Gasteiger partial charge in [0.2, 0.25) is 5.88 Å². The third kappa shape index (κ3) is 3.59. The Labute approximate surface area is 117 Å². The molecule has 1 aromatic heterocycles. The van der Waals surface area contributed by atoms with Crippen LogP contribution in [0.1, 0.15) is 0 Å². The van der Waals surface area contributed by atoms with E-state index in [9.17, 15) is 0 Å². The predicted octanol–water partition coefficient (Wildman–Crippen LogP) is 4.41. The SMILES string of the molecule is CSc1nc(Cl)cc(Oc2cccc(Br)c2)n1. The lowest BCUT2D eigenvalue weighted by atomic mass is 10.3. The van der Waals surface area contributed by atoms with E-state index in [1.807, 2.05) is 30.5 Å². The maximum Gasteiger partial charge on any atom is 0.224 e. The van der Waals surface area contributed by atoms with Crippen molar-refractivity contribution in [1.29, 1.82) is 0 Å². The van der Waals surface area contributed by atoms with Gasteiger partial charge in [-0.25, -0.2) is 4.98 Å². The molecule has 0 N–H and O–H groups in total. The van der Waals surface area contributed by atoms with Gasteiger partial charge >= 0.3 is 0 Å². The van der Waals surface area contributed by atoms with Gasteiger partial charge in [0, 0.05) is 10.5 Å². The van der Waals surface area contributed by atoms with E-state index in [0.717, 1.165) is 4.47 Å². The fraction of sp³-hybridized carbons (Fsp3) is 0.0909. The monoisotopic (exact) mass is 330 g/mol. The molecule has 1 aromatic carbocycles. The van der Waals surface area contributed by atoms with Gasteiger partial charge in [0.25, 0.3) is 0 Å². The van der Waals surface area contributed by atoms with E-state index in [2.05, 4.69) is 25.9 Å². The maximum atomic E-state index is 5.87. The van der Waals surface area contributed by atoms with Gasteiger partial charge in [-0.3, -0.25) is 0 Å². The molecule has 6 heteroatoms. The summed E-state index contributed by atoms with van der Waals surface area (Å²) < 4.78 is 6.55. The van der Waals surface area contributed by atoms with E-state index < -0.39 is 0 Å². The normalized spacial score (nSPS) is 10.3. The topological polar surface area (TPSA) is 35.0 Å². The number of hydrogen-bond acceptors (Lipinski definition) is 4. The van der Waals surface area contributed by atoms with Crippen LogP contribution < -0.4 is 4.74 Å². The first kappa shape index (κ1) is 12.7. The quantitative estimate of drug-likeness (QED) is 0.474. The number of aromatic nitrogens is 2. The Morgan fingerprint density at radius 2 is 2.12 bits per heavy atom. The van der Waals surface area contributed by atoms with Crippen LogP contribution >= 0.6 is 39.3 Å². The second-order valence-corrected chi connectivity index (χ2v) is 5.15. The first-order chi connectivity index (χ1) is 8.17. The van der Waals surface area contributed by atoms with Gasteiger partial charge in [-0.1, -0.05) is 45.4 Å². The number of nitrogens with zero attached hydrogens (tertiary/aromatic N) is 2. The Balaban J connectivity index is 2.26. The maximum absolute atomic E-state index is 5.87. The van der Waals surface area contributed by atoms with Crippen LogP contribution in [0.3, 0.4) is 0 Å². The number of hydrogen-bond donors (Lipinski definition) is 0. The van der Waals surface area contributed by atoms with Gasteiger partial charge in [0.15, 0.2) is 5.16 Å². The fourth-order valence-corrected chi connectivity index (χ4v) is 2.14. The van der Waals surface area contributed by atoms with Crippen molar-refractivity contribution < 1.29 is 4.74 Å². The second kappa shape index (κ2) is 5.71. The molecule has 0 radical (unpaired) electrons. The summed E-state index contributed by atoms with van der Waals surface area (Å²) in [6.45, 7) is 0. The Morgan fingerprint density at radius 1 is 1.29 bits per heavy atom. The van der Waals surface area contributed by atoms with Crippen molar-refractivity contribution in [2.45, 2.75) is 5.16 Å². The second-order valence-electron chi connectivity index (χ2n) is 3.08. The minimum absolute atomic E-state index is 0.370. The molecule has 0 amide bonds. The summed E-state index contributed by atoms with van der Waals surface area (Å²) in [6, 6.07) is 9.10. The molecule has 0 fully saturated rings. The summed E-state index contributed by atoms with van der Waals surface area (Å²) in [5.74, 6) is 1.13. The van der Waals surface area contributed by atoms with E-state index >= 15 is 0 Å². The van der Waals surface area contributed by atoms with E-state index in [4.69, 9.17) is 16.3 Å². The highest BCUT2D eigenvalue weighted by Gasteiger charge is 2.04. The third-order valence-electron chi connectivity index (χ3n) is 1.85. The van der Waals surface area contributed by atoms with E-state index in [0.29, 0.717) is 21.9 Å². The lowest BCUT2D eigenvalue weighted by molar-refractivity contribution is 0.455. The zero-order valence-corrected chi connectivity index (χ0v) is 12.0. The molecule has 0 aliphatic carbocycles. The molecule has 0 unspecified atom stereocenters. The molecule has 0 saturated carbocycles. The van der Waals surface area contributed by atoms with Crippen molar-refractivity contribution >= 4 is 39.3 Å². The number of thioether (sulfide) groups is 1. The van der Waals surface area contributed by atoms with Gasteiger partial charge in [-0.15, -0.1) is 0 Å². The van der Waals surface area contributed by atoms with Gasteiger partial charge in [0.1, 0.15) is 10.9 Å². The minimum Gasteiger partial charge on any atom is -0.439 e. The van der Waals surface area contributed by atoms with Gasteiger partial charge in [0.05, 0.1) is 0 Å². The van der Waals surface area contributed by atoms with Crippen LogP contribution in [0.4, 0.5) is 0 Å². The van der Waals surface area contributed by atoms with Crippen LogP contribution in [0.15, 0.2) is 40.0 Å². The molecule has 0 atom stereocenters. The Hall–Kier alpha value is -0.780. The fourth-order valence-electron chi connectivity index (χ4n) is 1.17. The molecular weight excluding hydrogens is 324 g/mol. The molecule has 0 bridgehead atoms. The standard InChI is InChI=1S/C11H8BrClN2OS/c1-17-11-14-9(13)6-10(15-11)16-8-4-2-3-7(12)5-8/h2-6H,1H3. The van der Waals surface area contributed by atoms with Crippen molar-refractivity contribution in [1.82, 2.24) is 9.97 Å². The average Bonchev–Trinajstić information content (AvgIpc) is 2.28. The predicted molar refractivity (Wildman–Crippen MR) is 73.0 cm³/mol. The zero-order valence-electron chi connectivity index (χ0n) is 8.85. The molecule has 1 heterocycles. The third-order valence-corrected chi connectivity index (χ3v) is 3.09. The molecule has 2 rings (SSSR count). The summed E-state index contributed by atoms with van der Waals surface area (Å²) in [6.07, 6.45) is 1.88. The van der Waals surface area contributed by atoms with Crippen LogP contribution in [0.25, 0.3) is 0 Å². The molecule has 17 heavy (non-hydrogen) atoms. The number of ether oxygens (including phenoxy) is 1. The van der Waals surface area contributed by atoms with Crippen molar-refractivity contribution in [3.8, 4) is 11.6 Å². The molecule has 88 valence electrons. The molecule has 0 aliphatic heterocycles. The minimum atomic E-state index is 0.370. The molecule has 0 spiro atoms. The smallest absolute Gasteiger partial charge is 0.224 e. The molecule has 2 aromatic rings. The summed E-state index contributed by atoms with van der Waals surface area (Å²) in [5.41, 5.74) is 0. The summed E-state index contributed by atoms with van der Waals surface area (Å²) in [5, 5.41) is 0.955. The average molecular weight is 332 g/mol. The summed E-state index contributed by atoms with van der Waals surface area (Å²) in [4.78, 5) is 8.25. The number of rotatable bonds is 3. The largest absolute Gasteiger partial charge is 0.439 e. The van der Waals surface area contributed by atoms with Gasteiger partial charge in [-0.2, -0.15) is 4.98 Å². The van der Waals surface area contributed by atoms with E-state index in [1.54, 1.807) is 6.07 Å². The Kier molecular flexibility index (Phi) is 4.25. The van der Waals surface area contributed by atoms with Crippen LogP contribution in [0, 0.1) is 0 Å². The van der Waals surface area contributed by atoms with E-state index in [-0.39, 0.29) is 0 Å². The van der Waals surface area contributed by atoms with Gasteiger partial charge < -0.3 is 4.74 Å². The summed E-state index contributed by atoms with van der Waals surface area (Å²) in [7, 11) is 0. The van der Waals surface area contributed by atoms with Gasteiger partial charge in [-0.05, 0) is 24.5 Å². The van der Waals surface area contributed by atoms with Crippen LogP contribution in [-0.4, -0.2) is 16.2 Å². The number of halogens is 2. The molecule has 3 nitrogen and oxygen atoms in total. The van der Waals surface area contributed by atoms with Crippen molar-refractivity contribution in [3.05, 3.63) is 40.0 Å². The number of benzene rings is 1. The summed E-state index contributed by atoms with van der Waals surface area (Å²) >= 11 is 10.7. The molecule has 0 aliphatic rings. The highest BCUT2D eigenvalue weighted by atomic mass is 79.9. The van der Waals surface area contributed by atoms with Crippen molar-refractivity contribution in [3.63, 3.8) is 0 Å². The Bertz CT molecular complexity index is 539. The molecule has 0 saturated heterocycles. The van der Waals surface area contributed by atoms with Crippen molar-refractivity contribution in [2.24, 2.45) is 0 Å². The molecular formula is C11H8BrClN2OS. The van der Waals surface area contributed by atoms with Crippen LogP contribution in [-0.2, 0) is 0 Å². The first-order valence-corrected chi connectivity index (χ1v) is 7.09. The highest BCUT2D eigenvalue weighted by molar-refractivity contribution is 9.10. The first-order valence-electron chi connectivity index (χ1n) is 4.69. The zero-order chi connectivity index (χ0) is 12.3. The van der Waals surface area contributed by atoms with Crippen LogP contribution in [0.5, 0.6) is 11.6 Å². The lowest BCUT2D eigenvalue weighted by Crippen LogP contribution is -1.92. The van der Waals surface area contributed by atoms with Crippen molar-refractivity contribution in [2.75, 3.05) is 6.26 Å². The lowest BCUT2D eigenvalue weighted by Gasteiger charge is -2.06. The Morgan fingerprint density at radius 3 is 2.82 bits per heavy atom. The van der Waals surface area contributed by atoms with Crippen LogP contribution in [0.2, 0.25) is 5.15 Å².